The molecule has 41 heavy (non-hydrogen) atoms. The van der Waals surface area contributed by atoms with E-state index in [1.807, 2.05) is 0 Å². The summed E-state index contributed by atoms with van der Waals surface area (Å²) >= 11 is 0. The first-order chi connectivity index (χ1) is 20.0. The zero-order chi connectivity index (χ0) is 28.4. The van der Waals surface area contributed by atoms with Crippen molar-refractivity contribution in [1.29, 1.82) is 0 Å². The van der Waals surface area contributed by atoms with Crippen molar-refractivity contribution in [2.24, 2.45) is 10.9 Å². The summed E-state index contributed by atoms with van der Waals surface area (Å²) in [4.78, 5) is 5.46. The Labute approximate surface area is 245 Å². The van der Waals surface area contributed by atoms with Crippen LogP contribution >= 0.6 is 7.92 Å². The molecule has 6 rings (SSSR count). The summed E-state index contributed by atoms with van der Waals surface area (Å²) in [5.74, 6) is 0.979. The van der Waals surface area contributed by atoms with Gasteiger partial charge < -0.3 is 4.74 Å². The second kappa shape index (κ2) is 11.5. The molecule has 1 aliphatic heterocycles. The minimum atomic E-state index is -0.823. The molecule has 0 N–H and O–H groups in total. The number of aryl methyl sites for hydroxylation is 2. The molecule has 0 saturated heterocycles. The lowest BCUT2D eigenvalue weighted by Gasteiger charge is -2.37. The smallest absolute Gasteiger partial charge is 0.218 e. The van der Waals surface area contributed by atoms with Crippen LogP contribution in [0.15, 0.2) is 138 Å². The van der Waals surface area contributed by atoms with Crippen LogP contribution in [0.25, 0.3) is 0 Å². The molecule has 204 valence electrons. The molecule has 0 amide bonds. The van der Waals surface area contributed by atoms with E-state index in [4.69, 9.17) is 9.73 Å². The highest BCUT2D eigenvalue weighted by Gasteiger charge is 2.51. The van der Waals surface area contributed by atoms with Gasteiger partial charge in [0.25, 0.3) is 0 Å². The van der Waals surface area contributed by atoms with Gasteiger partial charge in [-0.05, 0) is 49.7 Å². The Kier molecular flexibility index (Phi) is 7.61. The average Bonchev–Trinajstić information content (AvgIpc) is 3.41. The summed E-state index contributed by atoms with van der Waals surface area (Å²) in [6.07, 6.45) is 0. The highest BCUT2D eigenvalue weighted by molar-refractivity contribution is 7.80. The Balaban J connectivity index is 1.56. The molecule has 0 aromatic heterocycles. The molecule has 0 unspecified atom stereocenters. The van der Waals surface area contributed by atoms with Crippen molar-refractivity contribution in [1.82, 2.24) is 0 Å². The van der Waals surface area contributed by atoms with Gasteiger partial charge in [-0.2, -0.15) is 0 Å². The van der Waals surface area contributed by atoms with Crippen LogP contribution in [-0.2, 0) is 10.3 Å². The third kappa shape index (κ3) is 5.14. The Morgan fingerprint density at radius 2 is 1.15 bits per heavy atom. The minimum absolute atomic E-state index is 0.0890. The lowest BCUT2D eigenvalue weighted by molar-refractivity contribution is 0.0815. The number of hydrogen-bond acceptors (Lipinski definition) is 2. The molecule has 1 heterocycles. The molecule has 2 nitrogen and oxygen atoms in total. The van der Waals surface area contributed by atoms with Crippen LogP contribution in [0.4, 0.5) is 0 Å². The minimum Gasteiger partial charge on any atom is -0.459 e. The van der Waals surface area contributed by atoms with Gasteiger partial charge in [-0.1, -0.05) is 152 Å². The van der Waals surface area contributed by atoms with Gasteiger partial charge >= 0.3 is 0 Å². The van der Waals surface area contributed by atoms with E-state index in [2.05, 4.69) is 161 Å². The number of nitrogens with zero attached hydrogens (tertiary/aromatic N) is 1. The quantitative estimate of drug-likeness (QED) is 0.188. The maximum atomic E-state index is 7.31. The topological polar surface area (TPSA) is 21.6 Å². The van der Waals surface area contributed by atoms with Gasteiger partial charge in [0, 0.05) is 16.7 Å². The van der Waals surface area contributed by atoms with E-state index in [-0.39, 0.29) is 12.0 Å². The van der Waals surface area contributed by atoms with Gasteiger partial charge in [-0.15, -0.1) is 0 Å². The molecule has 0 fully saturated rings. The zero-order valence-electron chi connectivity index (χ0n) is 24.2. The average molecular weight is 554 g/mol. The number of ether oxygens (including phenoxy) is 1. The van der Waals surface area contributed by atoms with Crippen molar-refractivity contribution in [2.45, 2.75) is 39.3 Å². The van der Waals surface area contributed by atoms with Crippen LogP contribution in [0.2, 0.25) is 0 Å². The van der Waals surface area contributed by atoms with Crippen LogP contribution in [0.5, 0.6) is 0 Å². The highest BCUT2D eigenvalue weighted by atomic mass is 31.1. The Hall–Kier alpha value is -4.00. The lowest BCUT2D eigenvalue weighted by atomic mass is 9.75. The van der Waals surface area contributed by atoms with Crippen molar-refractivity contribution < 1.29 is 4.74 Å². The fourth-order valence-electron chi connectivity index (χ4n) is 6.01. The van der Waals surface area contributed by atoms with Crippen LogP contribution in [0.3, 0.4) is 0 Å². The molecule has 5 aromatic rings. The van der Waals surface area contributed by atoms with Gasteiger partial charge in [0.1, 0.15) is 6.04 Å². The van der Waals surface area contributed by atoms with Crippen molar-refractivity contribution >= 4 is 29.7 Å². The summed E-state index contributed by atoms with van der Waals surface area (Å²) < 4.78 is 7.31. The molecule has 0 bridgehead atoms. The van der Waals surface area contributed by atoms with E-state index < -0.39 is 13.5 Å². The van der Waals surface area contributed by atoms with Crippen LogP contribution in [-0.4, -0.2) is 11.9 Å². The first-order valence-corrected chi connectivity index (χ1v) is 15.7. The van der Waals surface area contributed by atoms with Crippen LogP contribution in [0, 0.1) is 19.8 Å². The molecular weight excluding hydrogens is 517 g/mol. The molecule has 5 aromatic carbocycles. The Morgan fingerprint density at radius 1 is 0.634 bits per heavy atom. The molecule has 0 radical (unpaired) electrons. The number of hydrogen-bond donors (Lipinski definition) is 0. The highest BCUT2D eigenvalue weighted by Crippen LogP contribution is 2.47. The van der Waals surface area contributed by atoms with E-state index in [0.29, 0.717) is 0 Å². The van der Waals surface area contributed by atoms with Gasteiger partial charge in [0.2, 0.25) is 5.90 Å². The Morgan fingerprint density at radius 3 is 1.66 bits per heavy atom. The van der Waals surface area contributed by atoms with E-state index in [9.17, 15) is 0 Å². The summed E-state index contributed by atoms with van der Waals surface area (Å²) in [7, 11) is -0.823. The SMILES string of the molecule is Cc1cccc(C2(c3cccc(C)c3)OC(c3ccccc3P(c3ccccc3)c3ccccc3)=N[C@H]2C(C)C)c1. The number of aliphatic imine (C=N–C) groups is 1. The van der Waals surface area contributed by atoms with E-state index in [0.717, 1.165) is 22.6 Å². The molecule has 1 atom stereocenters. The standard InChI is InChI=1S/C38H36NOP/c1-27(2)36-38(30-17-13-15-28(3)25-30,31-18-14-16-29(4)26-31)40-37(39-36)34-23-11-12-24-35(34)41(32-19-7-5-8-20-32)33-21-9-6-10-22-33/h5-27,36H,1-4H3/t36-/m0/s1. The first kappa shape index (κ1) is 27.2. The maximum absolute atomic E-state index is 7.31. The number of rotatable bonds is 7. The zero-order valence-corrected chi connectivity index (χ0v) is 25.1. The molecule has 0 spiro atoms. The lowest BCUT2D eigenvalue weighted by Crippen LogP contribution is -2.42. The predicted molar refractivity (Wildman–Crippen MR) is 175 cm³/mol. The van der Waals surface area contributed by atoms with Gasteiger partial charge in [0.15, 0.2) is 5.60 Å². The van der Waals surface area contributed by atoms with Crippen molar-refractivity contribution in [3.63, 3.8) is 0 Å². The summed E-state index contributed by atoms with van der Waals surface area (Å²) in [5.41, 5.74) is 5.06. The van der Waals surface area contributed by atoms with Crippen LogP contribution in [0.1, 0.15) is 41.7 Å². The van der Waals surface area contributed by atoms with E-state index >= 15 is 0 Å². The summed E-state index contributed by atoms with van der Waals surface area (Å²) in [6, 6.07) is 47.8. The molecular formula is C38H36NOP. The fraction of sp³-hybridized carbons (Fsp3) is 0.184. The molecule has 0 aliphatic carbocycles. The molecule has 1 aliphatic rings. The predicted octanol–water partition coefficient (Wildman–Crippen LogP) is 7.81. The van der Waals surface area contributed by atoms with E-state index in [1.165, 1.54) is 27.0 Å². The summed E-state index contributed by atoms with van der Waals surface area (Å²) in [6.45, 7) is 8.81. The third-order valence-corrected chi connectivity index (χ3v) is 10.4. The van der Waals surface area contributed by atoms with Gasteiger partial charge in [0.05, 0.1) is 0 Å². The monoisotopic (exact) mass is 553 g/mol. The first-order valence-electron chi connectivity index (χ1n) is 14.4. The normalized spacial score (nSPS) is 16.0. The van der Waals surface area contributed by atoms with Gasteiger partial charge in [-0.3, -0.25) is 0 Å². The summed E-state index contributed by atoms with van der Waals surface area (Å²) in [5, 5.41) is 3.87. The van der Waals surface area contributed by atoms with Crippen molar-refractivity contribution in [3.8, 4) is 0 Å². The molecule has 0 saturated carbocycles. The third-order valence-electron chi connectivity index (χ3n) is 7.86. The Bertz CT molecular complexity index is 1590. The van der Waals surface area contributed by atoms with Crippen LogP contribution < -0.4 is 15.9 Å². The maximum Gasteiger partial charge on any atom is 0.218 e. The van der Waals surface area contributed by atoms with Crippen molar-refractivity contribution in [3.05, 3.63) is 161 Å². The molecule has 3 heteroatoms. The van der Waals surface area contributed by atoms with E-state index in [1.54, 1.807) is 0 Å². The second-order valence-electron chi connectivity index (χ2n) is 11.2. The number of benzene rings is 5. The largest absolute Gasteiger partial charge is 0.459 e. The van der Waals surface area contributed by atoms with Gasteiger partial charge in [-0.25, -0.2) is 4.99 Å². The second-order valence-corrected chi connectivity index (χ2v) is 13.4. The fourth-order valence-corrected chi connectivity index (χ4v) is 8.45. The van der Waals surface area contributed by atoms with Crippen molar-refractivity contribution in [2.75, 3.05) is 0 Å².